The van der Waals surface area contributed by atoms with E-state index in [9.17, 15) is 24.8 Å². The minimum atomic E-state index is -0.828. The number of carbonyl (C=O) groups excluding carboxylic acids is 3. The second-order valence-corrected chi connectivity index (χ2v) is 22.5. The lowest BCUT2D eigenvalue weighted by molar-refractivity contribution is -0.164. The first kappa shape index (κ1) is 51.1. The van der Waals surface area contributed by atoms with Crippen LogP contribution in [-0.2, 0) is 9.59 Å². The third kappa shape index (κ3) is 10.4. The number of hydrogen-bond acceptors (Lipinski definition) is 12. The Hall–Kier alpha value is -6.80. The molecule has 4 N–H and O–H groups in total. The lowest BCUT2D eigenvalue weighted by atomic mass is 9.49. The van der Waals surface area contributed by atoms with Crippen molar-refractivity contribution in [3.05, 3.63) is 130 Å². The van der Waals surface area contributed by atoms with Crippen LogP contribution in [0.15, 0.2) is 103 Å². The van der Waals surface area contributed by atoms with Crippen molar-refractivity contribution in [1.82, 2.24) is 35.3 Å². The van der Waals surface area contributed by atoms with Crippen molar-refractivity contribution in [3.63, 3.8) is 0 Å². The molecule has 1 unspecified atom stereocenters. The number of anilines is 2. The Kier molecular flexibility index (Phi) is 14.4. The maximum absolute atomic E-state index is 14.5. The van der Waals surface area contributed by atoms with Crippen LogP contribution in [0.1, 0.15) is 101 Å². The number of rotatable bonds is 15. The monoisotopic (exact) mass is 1020 g/mol. The van der Waals surface area contributed by atoms with Gasteiger partial charge in [-0.25, -0.2) is 9.97 Å². The molecule has 3 aromatic carbocycles. The van der Waals surface area contributed by atoms with E-state index in [2.05, 4.69) is 59.6 Å². The quantitative estimate of drug-likeness (QED) is 0.0767. The number of pyridine rings is 1. The van der Waals surface area contributed by atoms with Crippen molar-refractivity contribution < 1.29 is 24.2 Å². The normalized spacial score (nSPS) is 21.8. The molecule has 17 heteroatoms. The summed E-state index contributed by atoms with van der Waals surface area (Å²) in [6.07, 6.45) is 5.41. The number of nitrogens with zero attached hydrogens (tertiary/aromatic N) is 7. The minimum Gasteiger partial charge on any atom is -0.489 e. The van der Waals surface area contributed by atoms with Gasteiger partial charge in [-0.3, -0.25) is 19.1 Å². The van der Waals surface area contributed by atoms with Crippen LogP contribution in [0.3, 0.4) is 0 Å². The predicted octanol–water partition coefficient (Wildman–Crippen LogP) is 9.24. The number of β-amino-alcohol motifs (C(OH)–C–C–N with tert-alkyl or cyclic N) is 1. The maximum atomic E-state index is 14.5. The second kappa shape index (κ2) is 20.6. The van der Waals surface area contributed by atoms with E-state index in [1.165, 1.54) is 4.90 Å². The highest BCUT2D eigenvalue weighted by atomic mass is 35.5. The number of nitriles is 1. The topological polar surface area (TPSA) is 191 Å². The van der Waals surface area contributed by atoms with Crippen molar-refractivity contribution in [1.29, 1.82) is 5.26 Å². The molecule has 380 valence electrons. The Morgan fingerprint density at radius 1 is 0.932 bits per heavy atom. The highest BCUT2D eigenvalue weighted by Crippen LogP contribution is 2.55. The van der Waals surface area contributed by atoms with Crippen LogP contribution in [0.4, 0.5) is 11.5 Å². The molecule has 0 bridgehead atoms. The SMILES string of the molecule is Cc1ncsc1-c1ccc(C(C)NC(=O)[C@@H]2C[C@@H](O)CN2C(=O)[C@H](C(C)C)n2cc(-c3ccnc(N4CC[C@@H](Nc5ccc(C(=O)NC6C(C)(C)C(Oc7ccc(C#N)c(Cl)c7)C6(C)C)cc5)C4)c3)cn2)cc1. The van der Waals surface area contributed by atoms with E-state index in [-0.39, 0.29) is 71.7 Å². The molecule has 3 aliphatic rings. The summed E-state index contributed by atoms with van der Waals surface area (Å²) in [6.45, 7) is 17.7. The van der Waals surface area contributed by atoms with Gasteiger partial charge < -0.3 is 35.6 Å². The van der Waals surface area contributed by atoms with E-state index in [1.54, 1.807) is 46.6 Å². The Labute approximate surface area is 435 Å². The first-order chi connectivity index (χ1) is 34.8. The zero-order valence-electron chi connectivity index (χ0n) is 42.5. The number of thiazole rings is 1. The van der Waals surface area contributed by atoms with Gasteiger partial charge in [-0.15, -0.1) is 11.3 Å². The third-order valence-corrected chi connectivity index (χ3v) is 16.2. The number of carbonyl (C=O) groups is 3. The minimum absolute atomic E-state index is 0.0589. The van der Waals surface area contributed by atoms with Crippen LogP contribution in [0, 0.1) is 35.0 Å². The predicted molar refractivity (Wildman–Crippen MR) is 284 cm³/mol. The lowest BCUT2D eigenvalue weighted by Gasteiger charge is -2.63. The van der Waals surface area contributed by atoms with E-state index in [0.29, 0.717) is 21.9 Å². The first-order valence-corrected chi connectivity index (χ1v) is 26.2. The molecule has 1 saturated carbocycles. The van der Waals surface area contributed by atoms with Crippen molar-refractivity contribution >= 4 is 52.2 Å². The summed E-state index contributed by atoms with van der Waals surface area (Å²) in [5, 5.41) is 35.1. The van der Waals surface area contributed by atoms with E-state index in [4.69, 9.17) is 26.4 Å². The van der Waals surface area contributed by atoms with Gasteiger partial charge in [0.05, 0.1) is 45.0 Å². The first-order valence-electron chi connectivity index (χ1n) is 24.9. The summed E-state index contributed by atoms with van der Waals surface area (Å²) in [4.78, 5) is 55.9. The molecule has 3 aromatic heterocycles. The molecular formula is C56H63ClN10O5S. The number of ether oxygens (including phenoxy) is 1. The Bertz CT molecular complexity index is 3020. The fourth-order valence-corrected chi connectivity index (χ4v) is 12.4. The van der Waals surface area contributed by atoms with Crippen LogP contribution in [0.25, 0.3) is 21.6 Å². The van der Waals surface area contributed by atoms with Gasteiger partial charge in [0, 0.05) is 84.2 Å². The maximum Gasteiger partial charge on any atom is 0.251 e. The molecule has 9 rings (SSSR count). The molecule has 5 atom stereocenters. The number of aryl methyl sites for hydroxylation is 1. The molecule has 3 fully saturated rings. The molecule has 5 heterocycles. The number of halogens is 1. The van der Waals surface area contributed by atoms with Crippen molar-refractivity contribution in [2.45, 2.75) is 111 Å². The molecule has 3 amide bonds. The molecule has 2 saturated heterocycles. The van der Waals surface area contributed by atoms with Gasteiger partial charge in [0.25, 0.3) is 5.91 Å². The fourth-order valence-electron chi connectivity index (χ4n) is 11.3. The number of aliphatic hydroxyl groups is 1. The Morgan fingerprint density at radius 3 is 2.34 bits per heavy atom. The number of likely N-dealkylation sites (tertiary alicyclic amines) is 1. The largest absolute Gasteiger partial charge is 0.489 e. The highest BCUT2D eigenvalue weighted by Gasteiger charge is 2.64. The average molecular weight is 1020 g/mol. The Morgan fingerprint density at radius 2 is 1.67 bits per heavy atom. The molecule has 0 radical (unpaired) electrons. The van der Waals surface area contributed by atoms with Crippen LogP contribution in [0.2, 0.25) is 5.02 Å². The summed E-state index contributed by atoms with van der Waals surface area (Å²) >= 11 is 7.87. The standard InChI is InChI=1S/C56H63ClN10O5S/c1-32(2)48(52(71)66-30-43(68)24-46(66)51(70)62-33(3)35-9-11-36(12-10-35)49-34(4)60-31-73-49)67-28-40(27-61-67)38-19-21-59-47(23-38)65-22-20-42(29-65)63-41-16-13-37(14-17-41)50(69)64-53-55(5,6)54(56(53,7)8)72-44-18-15-39(26-58)45(57)25-44/h9-19,21,23,25,27-28,31-33,42-43,46,48,53-54,63,68H,20,22,24,29-30H2,1-8H3,(H,62,70)(H,64,69)/t33?,42-,43-,46+,48+,53?,54?/m1/s1. The van der Waals surface area contributed by atoms with E-state index < -0.39 is 18.2 Å². The zero-order valence-corrected chi connectivity index (χ0v) is 44.0. The molecule has 15 nitrogen and oxygen atoms in total. The van der Waals surface area contributed by atoms with Gasteiger partial charge in [0.1, 0.15) is 35.8 Å². The smallest absolute Gasteiger partial charge is 0.251 e. The van der Waals surface area contributed by atoms with E-state index >= 15 is 0 Å². The van der Waals surface area contributed by atoms with Gasteiger partial charge in [-0.1, -0.05) is 77.4 Å². The van der Waals surface area contributed by atoms with Gasteiger partial charge >= 0.3 is 0 Å². The number of benzene rings is 3. The van der Waals surface area contributed by atoms with Gasteiger partial charge in [-0.2, -0.15) is 10.4 Å². The number of hydrogen-bond donors (Lipinski definition) is 4. The molecule has 0 spiro atoms. The van der Waals surface area contributed by atoms with Crippen molar-refractivity contribution in [3.8, 4) is 33.4 Å². The van der Waals surface area contributed by atoms with Crippen LogP contribution < -0.4 is 25.6 Å². The number of nitrogens with one attached hydrogen (secondary N) is 3. The summed E-state index contributed by atoms with van der Waals surface area (Å²) in [5.41, 5.74) is 7.64. The van der Waals surface area contributed by atoms with Crippen LogP contribution >= 0.6 is 22.9 Å². The molecular weight excluding hydrogens is 960 g/mol. The third-order valence-electron chi connectivity index (χ3n) is 15.0. The lowest BCUT2D eigenvalue weighted by Crippen LogP contribution is -2.74. The second-order valence-electron chi connectivity index (χ2n) is 21.3. The van der Waals surface area contributed by atoms with Crippen LogP contribution in [-0.4, -0.2) is 97.4 Å². The number of amides is 3. The van der Waals surface area contributed by atoms with Gasteiger partial charge in [-0.05, 0) is 91.4 Å². The molecule has 6 aromatic rings. The zero-order chi connectivity index (χ0) is 51.9. The van der Waals surface area contributed by atoms with Gasteiger partial charge in [0.2, 0.25) is 11.8 Å². The summed E-state index contributed by atoms with van der Waals surface area (Å²) in [7, 11) is 0. The van der Waals surface area contributed by atoms with Crippen molar-refractivity contribution in [2.24, 2.45) is 16.7 Å². The number of aliphatic hydroxyl groups excluding tert-OH is 1. The molecule has 2 aliphatic heterocycles. The van der Waals surface area contributed by atoms with E-state index in [0.717, 1.165) is 63.8 Å². The Balaban J connectivity index is 0.789. The summed E-state index contributed by atoms with van der Waals surface area (Å²) < 4.78 is 8.08. The van der Waals surface area contributed by atoms with Crippen molar-refractivity contribution in [2.75, 3.05) is 29.9 Å². The summed E-state index contributed by atoms with van der Waals surface area (Å²) in [5.74, 6) is 0.519. The van der Waals surface area contributed by atoms with E-state index in [1.807, 2.05) is 100 Å². The average Bonchev–Trinajstić information content (AvgIpc) is 4.21. The summed E-state index contributed by atoms with van der Waals surface area (Å²) in [6, 6.07) is 24.9. The molecule has 73 heavy (non-hydrogen) atoms. The number of aromatic nitrogens is 4. The molecule has 1 aliphatic carbocycles. The van der Waals surface area contributed by atoms with Gasteiger partial charge in [0.15, 0.2) is 0 Å². The highest BCUT2D eigenvalue weighted by molar-refractivity contribution is 7.13. The fraction of sp³-hybridized carbons (Fsp3) is 0.411. The van der Waals surface area contributed by atoms with Crippen LogP contribution in [0.5, 0.6) is 5.75 Å².